The molecule has 0 saturated carbocycles. The lowest BCUT2D eigenvalue weighted by Gasteiger charge is -2.30. The minimum Gasteiger partial charge on any atom is -0.367 e. The molecule has 1 saturated heterocycles. The van der Waals surface area contributed by atoms with E-state index in [1.807, 2.05) is 6.92 Å². The molecule has 0 amide bonds. The zero-order valence-electron chi connectivity index (χ0n) is 8.75. The van der Waals surface area contributed by atoms with E-state index in [1.54, 1.807) is 6.92 Å². The minimum atomic E-state index is -0.228. The molecule has 0 aromatic carbocycles. The zero-order chi connectivity index (χ0) is 9.84. The molecule has 0 aliphatic carbocycles. The van der Waals surface area contributed by atoms with Gasteiger partial charge in [0.2, 0.25) is 0 Å². The maximum atomic E-state index is 10.9. The van der Waals surface area contributed by atoms with E-state index in [2.05, 4.69) is 11.9 Å². The van der Waals surface area contributed by atoms with Crippen LogP contribution in [0.3, 0.4) is 0 Å². The third-order valence-corrected chi connectivity index (χ3v) is 2.63. The predicted molar refractivity (Wildman–Crippen MR) is 51.7 cm³/mol. The number of piperidine rings is 1. The van der Waals surface area contributed by atoms with Gasteiger partial charge in [0.1, 0.15) is 6.10 Å². The van der Waals surface area contributed by atoms with Crippen molar-refractivity contribution in [3.05, 3.63) is 0 Å². The normalized spacial score (nSPS) is 23.0. The highest BCUT2D eigenvalue weighted by Gasteiger charge is 2.20. The molecule has 1 rings (SSSR count). The Kier molecular flexibility index (Phi) is 3.88. The van der Waals surface area contributed by atoms with E-state index in [-0.39, 0.29) is 18.0 Å². The number of carbonyl (C=O) groups excluding carboxylic acids is 1. The van der Waals surface area contributed by atoms with Crippen molar-refractivity contribution in [2.75, 3.05) is 20.1 Å². The summed E-state index contributed by atoms with van der Waals surface area (Å²) in [7, 11) is 2.12. The smallest absolute Gasteiger partial charge is 0.158 e. The van der Waals surface area contributed by atoms with Crippen LogP contribution in [0.25, 0.3) is 0 Å². The van der Waals surface area contributed by atoms with E-state index in [1.165, 1.54) is 0 Å². The molecule has 13 heavy (non-hydrogen) atoms. The summed E-state index contributed by atoms with van der Waals surface area (Å²) >= 11 is 0. The van der Waals surface area contributed by atoms with Crippen molar-refractivity contribution >= 4 is 5.78 Å². The Morgan fingerprint density at radius 2 is 2.00 bits per heavy atom. The molecule has 1 heterocycles. The Bertz CT molecular complexity index is 174. The summed E-state index contributed by atoms with van der Waals surface area (Å²) in [4.78, 5) is 13.2. The van der Waals surface area contributed by atoms with Crippen LogP contribution in [-0.2, 0) is 9.53 Å². The minimum absolute atomic E-state index is 0.124. The van der Waals surface area contributed by atoms with Crippen molar-refractivity contribution in [3.63, 3.8) is 0 Å². The lowest BCUT2D eigenvalue weighted by Crippen LogP contribution is -2.36. The topological polar surface area (TPSA) is 29.5 Å². The standard InChI is InChI=1S/C10H19NO2/c1-8(12)9(2)13-10-4-6-11(3)7-5-10/h9-10H,4-7H2,1-3H3. The molecule has 0 spiro atoms. The number of ether oxygens (including phenoxy) is 1. The average molecular weight is 185 g/mol. The first kappa shape index (κ1) is 10.7. The summed E-state index contributed by atoms with van der Waals surface area (Å²) in [6.45, 7) is 5.57. The molecule has 76 valence electrons. The molecule has 0 aromatic heterocycles. The summed E-state index contributed by atoms with van der Waals surface area (Å²) in [6, 6.07) is 0. The Morgan fingerprint density at radius 3 is 2.46 bits per heavy atom. The summed E-state index contributed by atoms with van der Waals surface area (Å²) in [5.74, 6) is 0.124. The van der Waals surface area contributed by atoms with Crippen LogP contribution in [-0.4, -0.2) is 43.0 Å². The van der Waals surface area contributed by atoms with Crippen LogP contribution in [0.2, 0.25) is 0 Å². The molecule has 3 heteroatoms. The monoisotopic (exact) mass is 185 g/mol. The van der Waals surface area contributed by atoms with Crippen LogP contribution in [0.5, 0.6) is 0 Å². The summed E-state index contributed by atoms with van der Waals surface area (Å²) in [6.07, 6.45) is 2.16. The summed E-state index contributed by atoms with van der Waals surface area (Å²) in [5, 5.41) is 0. The molecule has 1 unspecified atom stereocenters. The van der Waals surface area contributed by atoms with Gasteiger partial charge < -0.3 is 9.64 Å². The highest BCUT2D eigenvalue weighted by molar-refractivity contribution is 5.79. The number of hydrogen-bond acceptors (Lipinski definition) is 3. The van der Waals surface area contributed by atoms with Crippen molar-refractivity contribution < 1.29 is 9.53 Å². The fraction of sp³-hybridized carbons (Fsp3) is 0.900. The van der Waals surface area contributed by atoms with Gasteiger partial charge in [-0.05, 0) is 33.7 Å². The van der Waals surface area contributed by atoms with Gasteiger partial charge in [-0.3, -0.25) is 4.79 Å². The first-order chi connectivity index (χ1) is 6.09. The second-order valence-corrected chi connectivity index (χ2v) is 3.89. The van der Waals surface area contributed by atoms with Gasteiger partial charge in [-0.15, -0.1) is 0 Å². The van der Waals surface area contributed by atoms with Gasteiger partial charge in [-0.1, -0.05) is 0 Å². The third-order valence-electron chi connectivity index (χ3n) is 2.63. The Hall–Kier alpha value is -0.410. The van der Waals surface area contributed by atoms with E-state index >= 15 is 0 Å². The van der Waals surface area contributed by atoms with Crippen LogP contribution < -0.4 is 0 Å². The lowest BCUT2D eigenvalue weighted by molar-refractivity contribution is -0.132. The molecule has 1 aliphatic rings. The van der Waals surface area contributed by atoms with E-state index < -0.39 is 0 Å². The summed E-state index contributed by atoms with van der Waals surface area (Å²) < 4.78 is 5.62. The number of carbonyl (C=O) groups is 1. The molecular formula is C10H19NO2. The quantitative estimate of drug-likeness (QED) is 0.659. The highest BCUT2D eigenvalue weighted by Crippen LogP contribution is 2.14. The van der Waals surface area contributed by atoms with E-state index in [9.17, 15) is 4.79 Å². The van der Waals surface area contributed by atoms with Gasteiger partial charge in [-0.25, -0.2) is 0 Å². The lowest BCUT2D eigenvalue weighted by atomic mass is 10.1. The van der Waals surface area contributed by atoms with Gasteiger partial charge >= 0.3 is 0 Å². The van der Waals surface area contributed by atoms with Crippen molar-refractivity contribution in [1.82, 2.24) is 4.90 Å². The highest BCUT2D eigenvalue weighted by atomic mass is 16.5. The van der Waals surface area contributed by atoms with Crippen molar-refractivity contribution in [2.45, 2.75) is 38.9 Å². The zero-order valence-corrected chi connectivity index (χ0v) is 8.75. The first-order valence-corrected chi connectivity index (χ1v) is 4.94. The van der Waals surface area contributed by atoms with Crippen molar-refractivity contribution in [2.24, 2.45) is 0 Å². The fourth-order valence-corrected chi connectivity index (χ4v) is 1.51. The first-order valence-electron chi connectivity index (χ1n) is 4.94. The predicted octanol–water partition coefficient (Wildman–Crippen LogP) is 1.07. The van der Waals surface area contributed by atoms with Crippen LogP contribution in [0.4, 0.5) is 0 Å². The van der Waals surface area contributed by atoms with Crippen LogP contribution >= 0.6 is 0 Å². The van der Waals surface area contributed by atoms with Crippen LogP contribution in [0.15, 0.2) is 0 Å². The number of ketones is 1. The van der Waals surface area contributed by atoms with Gasteiger partial charge in [0.15, 0.2) is 5.78 Å². The van der Waals surface area contributed by atoms with Gasteiger partial charge in [0.05, 0.1) is 6.10 Å². The SMILES string of the molecule is CC(=O)C(C)OC1CCN(C)CC1. The molecule has 0 aromatic rings. The number of likely N-dealkylation sites (tertiary alicyclic amines) is 1. The van der Waals surface area contributed by atoms with Crippen LogP contribution in [0, 0.1) is 0 Å². The van der Waals surface area contributed by atoms with Gasteiger partial charge in [0.25, 0.3) is 0 Å². The maximum absolute atomic E-state index is 10.9. The van der Waals surface area contributed by atoms with Crippen molar-refractivity contribution in [1.29, 1.82) is 0 Å². The Balaban J connectivity index is 2.26. The van der Waals surface area contributed by atoms with Crippen molar-refractivity contribution in [3.8, 4) is 0 Å². The Morgan fingerprint density at radius 1 is 1.46 bits per heavy atom. The van der Waals surface area contributed by atoms with E-state index in [0.29, 0.717) is 0 Å². The molecule has 3 nitrogen and oxygen atoms in total. The molecular weight excluding hydrogens is 166 g/mol. The number of rotatable bonds is 3. The Labute approximate surface area is 80.1 Å². The van der Waals surface area contributed by atoms with Gasteiger partial charge in [-0.2, -0.15) is 0 Å². The van der Waals surface area contributed by atoms with E-state index in [4.69, 9.17) is 4.74 Å². The van der Waals surface area contributed by atoms with E-state index in [0.717, 1.165) is 25.9 Å². The number of hydrogen-bond donors (Lipinski definition) is 0. The molecule has 1 atom stereocenters. The largest absolute Gasteiger partial charge is 0.367 e. The fourth-order valence-electron chi connectivity index (χ4n) is 1.51. The average Bonchev–Trinajstić information content (AvgIpc) is 2.08. The van der Waals surface area contributed by atoms with Crippen LogP contribution in [0.1, 0.15) is 26.7 Å². The number of Topliss-reactive ketones (excluding diaryl/α,β-unsaturated/α-hetero) is 1. The van der Waals surface area contributed by atoms with Gasteiger partial charge in [0, 0.05) is 13.1 Å². The molecule has 0 bridgehead atoms. The molecule has 1 fully saturated rings. The maximum Gasteiger partial charge on any atom is 0.158 e. The molecule has 1 aliphatic heterocycles. The third kappa shape index (κ3) is 3.44. The number of nitrogens with zero attached hydrogens (tertiary/aromatic N) is 1. The second kappa shape index (κ2) is 4.72. The summed E-state index contributed by atoms with van der Waals surface area (Å²) in [5.41, 5.74) is 0. The molecule has 0 radical (unpaired) electrons. The second-order valence-electron chi connectivity index (χ2n) is 3.89. The molecule has 0 N–H and O–H groups in total.